The molecule has 1 aliphatic carbocycles. The van der Waals surface area contributed by atoms with Gasteiger partial charge in [-0.2, -0.15) is 4.98 Å². The summed E-state index contributed by atoms with van der Waals surface area (Å²) in [6, 6.07) is 4.55. The Morgan fingerprint density at radius 3 is 2.53 bits per heavy atom. The molecule has 2 aromatic rings. The Morgan fingerprint density at radius 2 is 1.91 bits per heavy atom. The van der Waals surface area contributed by atoms with Crippen LogP contribution in [-0.4, -0.2) is 35.0 Å². The van der Waals surface area contributed by atoms with E-state index in [0.717, 1.165) is 38.5 Å². The molecule has 1 aromatic heterocycles. The lowest BCUT2D eigenvalue weighted by Gasteiger charge is -2.30. The van der Waals surface area contributed by atoms with Gasteiger partial charge >= 0.3 is 0 Å². The molecule has 10 nitrogen and oxygen atoms in total. The van der Waals surface area contributed by atoms with Crippen molar-refractivity contribution in [3.05, 3.63) is 35.5 Å². The summed E-state index contributed by atoms with van der Waals surface area (Å²) in [5, 5.41) is 9.88. The zero-order chi connectivity index (χ0) is 23.1. The number of primary amides is 1. The van der Waals surface area contributed by atoms with Crippen molar-refractivity contribution < 1.29 is 23.6 Å². The van der Waals surface area contributed by atoms with Gasteiger partial charge in [0.05, 0.1) is 12.8 Å². The Bertz CT molecular complexity index is 979. The number of benzene rings is 1. The molecule has 1 saturated carbocycles. The third kappa shape index (κ3) is 5.63. The molecule has 3 rings (SSSR count). The van der Waals surface area contributed by atoms with E-state index in [1.54, 1.807) is 6.07 Å². The van der Waals surface area contributed by atoms with Crippen molar-refractivity contribution in [1.29, 1.82) is 0 Å². The molecule has 1 heterocycles. The number of anilines is 1. The van der Waals surface area contributed by atoms with E-state index in [0.29, 0.717) is 23.2 Å². The quantitative estimate of drug-likeness (QED) is 0.530. The van der Waals surface area contributed by atoms with Gasteiger partial charge in [-0.05, 0) is 31.0 Å². The fourth-order valence-corrected chi connectivity index (χ4v) is 4.02. The molecule has 0 radical (unpaired) electrons. The topological polar surface area (TPSA) is 149 Å². The maximum atomic E-state index is 12.5. The number of amides is 3. The number of hydrogen-bond donors (Lipinski definition) is 3. The minimum atomic E-state index is -0.630. The van der Waals surface area contributed by atoms with Crippen LogP contribution in [0, 0.1) is 0 Å². The first-order chi connectivity index (χ1) is 15.3. The molecule has 1 aliphatic rings. The highest BCUT2D eigenvalue weighted by Crippen LogP contribution is 2.34. The number of methoxy groups -OCH3 is 1. The number of nitrogens with one attached hydrogen (secondary N) is 2. The van der Waals surface area contributed by atoms with Crippen molar-refractivity contribution in [3.8, 4) is 5.75 Å². The normalized spacial score (nSPS) is 15.4. The van der Waals surface area contributed by atoms with Crippen LogP contribution in [0.4, 0.5) is 5.69 Å². The van der Waals surface area contributed by atoms with Crippen molar-refractivity contribution in [2.24, 2.45) is 5.73 Å². The molecule has 0 spiro atoms. The Labute approximate surface area is 186 Å². The van der Waals surface area contributed by atoms with Gasteiger partial charge in [-0.15, -0.1) is 0 Å². The third-order valence-electron chi connectivity index (χ3n) is 5.59. The number of ether oxygens (including phenoxy) is 1. The second kappa shape index (κ2) is 10.3. The van der Waals surface area contributed by atoms with Crippen molar-refractivity contribution in [1.82, 2.24) is 15.5 Å². The van der Waals surface area contributed by atoms with E-state index in [9.17, 15) is 14.4 Å². The van der Waals surface area contributed by atoms with Crippen LogP contribution in [0.15, 0.2) is 22.7 Å². The van der Waals surface area contributed by atoms with Gasteiger partial charge in [-0.1, -0.05) is 30.8 Å². The van der Waals surface area contributed by atoms with Crippen LogP contribution in [0.2, 0.25) is 0 Å². The predicted molar refractivity (Wildman–Crippen MR) is 116 cm³/mol. The van der Waals surface area contributed by atoms with Crippen LogP contribution in [0.1, 0.15) is 73.9 Å². The Balaban J connectivity index is 1.67. The van der Waals surface area contributed by atoms with Gasteiger partial charge in [-0.3, -0.25) is 14.4 Å². The Hall–Kier alpha value is -3.43. The fraction of sp³-hybridized carbons (Fsp3) is 0.500. The summed E-state index contributed by atoms with van der Waals surface area (Å²) in [7, 11) is 1.47. The average Bonchev–Trinajstić information content (AvgIpc) is 3.12. The summed E-state index contributed by atoms with van der Waals surface area (Å²) in [4.78, 5) is 40.2. The zero-order valence-corrected chi connectivity index (χ0v) is 18.4. The van der Waals surface area contributed by atoms with E-state index in [1.807, 2.05) is 0 Å². The first-order valence-electron chi connectivity index (χ1n) is 10.7. The van der Waals surface area contributed by atoms with Gasteiger partial charge in [0.2, 0.25) is 23.6 Å². The molecule has 32 heavy (non-hydrogen) atoms. The minimum absolute atomic E-state index is 0.0821. The number of rotatable bonds is 8. The minimum Gasteiger partial charge on any atom is -0.495 e. The van der Waals surface area contributed by atoms with Crippen molar-refractivity contribution in [2.75, 3.05) is 12.4 Å². The molecule has 1 aromatic carbocycles. The lowest BCUT2D eigenvalue weighted by Crippen LogP contribution is -2.45. The molecule has 10 heteroatoms. The predicted octanol–water partition coefficient (Wildman–Crippen LogP) is 2.43. The highest BCUT2D eigenvalue weighted by atomic mass is 16.5. The van der Waals surface area contributed by atoms with Gasteiger partial charge in [0.15, 0.2) is 5.82 Å². The first kappa shape index (κ1) is 23.2. The highest BCUT2D eigenvalue weighted by Gasteiger charge is 2.38. The Morgan fingerprint density at radius 1 is 1.19 bits per heavy atom. The van der Waals surface area contributed by atoms with E-state index in [4.69, 9.17) is 15.0 Å². The number of carbonyl (C=O) groups is 3. The van der Waals surface area contributed by atoms with Gasteiger partial charge in [0.1, 0.15) is 11.3 Å². The second-order valence-corrected chi connectivity index (χ2v) is 8.02. The van der Waals surface area contributed by atoms with Crippen LogP contribution < -0.4 is 21.1 Å². The summed E-state index contributed by atoms with van der Waals surface area (Å²) in [6.07, 6.45) is 5.96. The molecule has 4 N–H and O–H groups in total. The number of aryl methyl sites for hydroxylation is 1. The average molecular weight is 444 g/mol. The molecule has 0 saturated heterocycles. The smallest absolute Gasteiger partial charge is 0.248 e. The fourth-order valence-electron chi connectivity index (χ4n) is 4.02. The van der Waals surface area contributed by atoms with E-state index in [1.165, 1.54) is 26.2 Å². The van der Waals surface area contributed by atoms with Gasteiger partial charge in [0.25, 0.3) is 0 Å². The largest absolute Gasteiger partial charge is 0.495 e. The second-order valence-electron chi connectivity index (χ2n) is 8.02. The molecule has 0 aliphatic heterocycles. The summed E-state index contributed by atoms with van der Waals surface area (Å²) >= 11 is 0. The monoisotopic (exact) mass is 443 g/mol. The van der Waals surface area contributed by atoms with Crippen molar-refractivity contribution >= 4 is 23.4 Å². The number of nitrogens with zero attached hydrogens (tertiary/aromatic N) is 2. The van der Waals surface area contributed by atoms with Crippen LogP contribution in [0.3, 0.4) is 0 Å². The number of carbonyl (C=O) groups excluding carboxylic acids is 3. The summed E-state index contributed by atoms with van der Waals surface area (Å²) < 4.78 is 10.6. The molecule has 1 fully saturated rings. The van der Waals surface area contributed by atoms with Crippen LogP contribution in [0.5, 0.6) is 5.75 Å². The maximum absolute atomic E-state index is 12.5. The molecule has 172 valence electrons. The van der Waals surface area contributed by atoms with Gasteiger partial charge < -0.3 is 25.6 Å². The van der Waals surface area contributed by atoms with Crippen molar-refractivity contribution in [3.63, 3.8) is 0 Å². The van der Waals surface area contributed by atoms with E-state index < -0.39 is 11.4 Å². The molecule has 3 amide bonds. The standard InChI is InChI=1S/C22H29N5O5/c1-14(28)26-22(11-5-3-4-6-12-22)21-25-19(32-27-21)10-9-18(29)24-16-13-15(20(23)30)7-8-17(16)31-2/h7-8,13H,3-6,9-12H2,1-2H3,(H2,23,30)(H,24,29)(H,26,28). The van der Waals surface area contributed by atoms with E-state index in [2.05, 4.69) is 20.8 Å². The maximum Gasteiger partial charge on any atom is 0.248 e. The molecule has 0 unspecified atom stereocenters. The van der Waals surface area contributed by atoms with Crippen LogP contribution in [0.25, 0.3) is 0 Å². The molecular formula is C22H29N5O5. The molecule has 0 bridgehead atoms. The lowest BCUT2D eigenvalue weighted by molar-refractivity contribution is -0.121. The van der Waals surface area contributed by atoms with Gasteiger partial charge in [-0.25, -0.2) is 0 Å². The SMILES string of the molecule is COc1ccc(C(N)=O)cc1NC(=O)CCc1nc(C2(NC(C)=O)CCCCCC2)no1. The lowest BCUT2D eigenvalue weighted by atomic mass is 9.89. The van der Waals surface area contributed by atoms with Crippen LogP contribution >= 0.6 is 0 Å². The number of hydrogen-bond acceptors (Lipinski definition) is 7. The first-order valence-corrected chi connectivity index (χ1v) is 10.7. The van der Waals surface area contributed by atoms with Gasteiger partial charge in [0, 0.05) is 25.3 Å². The summed E-state index contributed by atoms with van der Waals surface area (Å²) in [6.45, 7) is 1.49. The Kier molecular flexibility index (Phi) is 7.45. The zero-order valence-electron chi connectivity index (χ0n) is 18.4. The van der Waals surface area contributed by atoms with Crippen molar-refractivity contribution in [2.45, 2.75) is 63.8 Å². The number of aromatic nitrogens is 2. The number of nitrogens with two attached hydrogens (primary N) is 1. The highest BCUT2D eigenvalue weighted by molar-refractivity contribution is 5.97. The summed E-state index contributed by atoms with van der Waals surface area (Å²) in [5.74, 6) is 0.144. The summed E-state index contributed by atoms with van der Waals surface area (Å²) in [5.41, 5.74) is 5.29. The van der Waals surface area contributed by atoms with E-state index in [-0.39, 0.29) is 30.2 Å². The molecule has 0 atom stereocenters. The van der Waals surface area contributed by atoms with E-state index >= 15 is 0 Å². The molecular weight excluding hydrogens is 414 g/mol. The van der Waals surface area contributed by atoms with Crippen LogP contribution in [-0.2, 0) is 21.5 Å². The third-order valence-corrected chi connectivity index (χ3v) is 5.59.